The molecule has 2 N–H and O–H groups in total. The maximum Gasteiger partial charge on any atom is 0.340 e. The molecule has 2 unspecified atom stereocenters. The summed E-state index contributed by atoms with van der Waals surface area (Å²) < 4.78 is 6.63. The molecular weight excluding hydrogens is 362 g/mol. The number of esters is 1. The van der Waals surface area contributed by atoms with E-state index in [2.05, 4.69) is 11.4 Å². The number of aliphatic hydroxyl groups excluding tert-OH is 1. The highest BCUT2D eigenvalue weighted by Crippen LogP contribution is 2.45. The molecule has 2 aromatic rings. The Morgan fingerprint density at radius 3 is 2.93 bits per heavy atom. The lowest BCUT2D eigenvalue weighted by atomic mass is 9.93. The monoisotopic (exact) mass is 379 g/mol. The van der Waals surface area contributed by atoms with Gasteiger partial charge in [-0.3, -0.25) is 4.79 Å². The van der Waals surface area contributed by atoms with E-state index in [-0.39, 0.29) is 18.2 Å². The predicted octanol–water partition coefficient (Wildman–Crippen LogP) is 1.24. The van der Waals surface area contributed by atoms with Gasteiger partial charge in [-0.25, -0.2) is 4.79 Å². The van der Waals surface area contributed by atoms with E-state index in [9.17, 15) is 14.7 Å². The lowest BCUT2D eigenvalue weighted by Gasteiger charge is -2.25. The van der Waals surface area contributed by atoms with Crippen LogP contribution in [0.1, 0.15) is 40.1 Å². The second kappa shape index (κ2) is 5.24. The molecule has 1 aromatic carbocycles. The molecule has 5 heterocycles. The van der Waals surface area contributed by atoms with Gasteiger partial charge in [0.1, 0.15) is 6.61 Å². The van der Waals surface area contributed by atoms with Crippen molar-refractivity contribution in [1.82, 2.24) is 9.63 Å². The summed E-state index contributed by atoms with van der Waals surface area (Å²) in [5, 5.41) is 15.5. The highest BCUT2D eigenvalue weighted by molar-refractivity contribution is 5.80. The van der Waals surface area contributed by atoms with Crippen molar-refractivity contribution in [2.24, 2.45) is 0 Å². The van der Waals surface area contributed by atoms with Crippen LogP contribution in [-0.4, -0.2) is 27.8 Å². The predicted molar refractivity (Wildman–Crippen MR) is 98.3 cm³/mol. The van der Waals surface area contributed by atoms with Crippen molar-refractivity contribution in [3.8, 4) is 5.75 Å². The molecule has 2 atom stereocenters. The molecule has 0 saturated heterocycles. The van der Waals surface area contributed by atoms with Crippen LogP contribution in [0.25, 0.3) is 6.08 Å². The number of pyridine rings is 1. The summed E-state index contributed by atoms with van der Waals surface area (Å²) in [5.74, 6) is 0.132. The van der Waals surface area contributed by atoms with Crippen molar-refractivity contribution in [3.05, 3.63) is 62.1 Å². The molecule has 8 nitrogen and oxygen atoms in total. The lowest BCUT2D eigenvalue weighted by Crippen LogP contribution is -2.33. The summed E-state index contributed by atoms with van der Waals surface area (Å²) in [5.41, 5.74) is 5.49. The number of hydrogen-bond donors (Lipinski definition) is 2. The number of cyclic esters (lactones) is 1. The average molecular weight is 379 g/mol. The number of ether oxygens (including phenoxy) is 1. The van der Waals surface area contributed by atoms with Crippen LogP contribution >= 0.6 is 0 Å². The number of carbonyl (C=O) groups excluding carboxylic acids is 1. The summed E-state index contributed by atoms with van der Waals surface area (Å²) in [6, 6.07) is 5.51. The molecule has 1 aromatic heterocycles. The van der Waals surface area contributed by atoms with Crippen molar-refractivity contribution in [2.45, 2.75) is 31.8 Å². The maximum absolute atomic E-state index is 13.0. The number of nitrogens with zero attached hydrogens (tertiary/aromatic N) is 2. The molecule has 28 heavy (non-hydrogen) atoms. The summed E-state index contributed by atoms with van der Waals surface area (Å²) in [7, 11) is 1.89. The van der Waals surface area contributed by atoms with Gasteiger partial charge in [-0.2, -0.15) is 0 Å². The van der Waals surface area contributed by atoms with Gasteiger partial charge in [0.2, 0.25) is 0 Å². The Labute approximate surface area is 159 Å². The molecule has 4 aliphatic rings. The number of hydroxylamine groups is 2. The summed E-state index contributed by atoms with van der Waals surface area (Å²) >= 11 is 0. The molecule has 0 aliphatic carbocycles. The first-order valence-corrected chi connectivity index (χ1v) is 9.14. The molecule has 0 bridgehead atoms. The van der Waals surface area contributed by atoms with Gasteiger partial charge >= 0.3 is 5.97 Å². The van der Waals surface area contributed by atoms with Crippen LogP contribution in [0.15, 0.2) is 28.6 Å². The number of hydrogen-bond acceptors (Lipinski definition) is 7. The number of fused-ring (bicyclic) bond motifs is 7. The maximum atomic E-state index is 13.0. The number of rotatable bonds is 0. The highest BCUT2D eigenvalue weighted by Gasteiger charge is 2.38. The van der Waals surface area contributed by atoms with Gasteiger partial charge < -0.3 is 24.6 Å². The molecule has 0 spiro atoms. The van der Waals surface area contributed by atoms with Crippen LogP contribution in [-0.2, 0) is 29.2 Å². The van der Waals surface area contributed by atoms with Gasteiger partial charge in [-0.15, -0.1) is 5.06 Å². The van der Waals surface area contributed by atoms with E-state index in [0.29, 0.717) is 24.2 Å². The van der Waals surface area contributed by atoms with E-state index >= 15 is 0 Å². The molecule has 0 fully saturated rings. The van der Waals surface area contributed by atoms with E-state index in [1.165, 1.54) is 0 Å². The van der Waals surface area contributed by atoms with E-state index in [4.69, 9.17) is 9.57 Å². The van der Waals surface area contributed by atoms with Crippen molar-refractivity contribution in [3.63, 3.8) is 0 Å². The number of nitrogens with one attached hydrogen (secondary N) is 1. The lowest BCUT2D eigenvalue weighted by molar-refractivity contribution is -0.157. The molecule has 0 radical (unpaired) electrons. The summed E-state index contributed by atoms with van der Waals surface area (Å²) in [6.07, 6.45) is 0.712. The SMILES string of the molecule is CN1Cc2c(ccc3c2C=C2Cn4c(cc5c(c4=O)COC(=O)C5O)C2N3)O1. The van der Waals surface area contributed by atoms with Gasteiger partial charge in [0, 0.05) is 41.7 Å². The molecule has 0 amide bonds. The van der Waals surface area contributed by atoms with Crippen LogP contribution in [0.4, 0.5) is 5.69 Å². The standard InChI is InChI=1S/C20H17N3O5/c1-22-7-12-10-4-9-6-23-15(17(9)21-14(10)2-3-16(12)28-22)5-11-13(19(23)25)8-27-20(26)18(11)24/h2-5,17-18,21,24H,6-8H2,1H3. The van der Waals surface area contributed by atoms with Crippen molar-refractivity contribution in [2.75, 3.05) is 12.4 Å². The molecule has 4 aliphatic heterocycles. The first-order chi connectivity index (χ1) is 13.5. The van der Waals surface area contributed by atoms with Crippen LogP contribution in [0.3, 0.4) is 0 Å². The van der Waals surface area contributed by atoms with Crippen molar-refractivity contribution < 1.29 is 19.5 Å². The van der Waals surface area contributed by atoms with Crippen molar-refractivity contribution in [1.29, 1.82) is 0 Å². The summed E-state index contributed by atoms with van der Waals surface area (Å²) in [4.78, 5) is 30.4. The second-order valence-electron chi connectivity index (χ2n) is 7.58. The number of aromatic nitrogens is 1. The Morgan fingerprint density at radius 1 is 1.21 bits per heavy atom. The first-order valence-electron chi connectivity index (χ1n) is 9.14. The Kier molecular flexibility index (Phi) is 2.98. The van der Waals surface area contributed by atoms with Crippen LogP contribution in [0, 0.1) is 0 Å². The third-order valence-electron chi connectivity index (χ3n) is 5.93. The smallest absolute Gasteiger partial charge is 0.340 e. The zero-order valence-corrected chi connectivity index (χ0v) is 15.1. The van der Waals surface area contributed by atoms with E-state index in [1.54, 1.807) is 15.7 Å². The highest BCUT2D eigenvalue weighted by atomic mass is 16.7. The van der Waals surface area contributed by atoms with Crippen LogP contribution in [0.5, 0.6) is 5.75 Å². The van der Waals surface area contributed by atoms with Crippen LogP contribution in [0.2, 0.25) is 0 Å². The minimum atomic E-state index is -1.41. The quantitative estimate of drug-likeness (QED) is 0.666. The Bertz CT molecular complexity index is 1170. The van der Waals surface area contributed by atoms with Gasteiger partial charge in [0.15, 0.2) is 11.9 Å². The Balaban J connectivity index is 1.49. The first kappa shape index (κ1) is 15.9. The largest absolute Gasteiger partial charge is 0.458 e. The van der Waals surface area contributed by atoms with E-state index < -0.39 is 12.1 Å². The van der Waals surface area contributed by atoms with Gasteiger partial charge in [-0.1, -0.05) is 0 Å². The van der Waals surface area contributed by atoms with E-state index in [0.717, 1.165) is 33.8 Å². The van der Waals surface area contributed by atoms with Gasteiger partial charge in [0.05, 0.1) is 18.2 Å². The topological polar surface area (TPSA) is 93.0 Å². The van der Waals surface area contributed by atoms with Gasteiger partial charge in [-0.05, 0) is 29.8 Å². The fourth-order valence-corrected chi connectivity index (χ4v) is 4.58. The number of benzene rings is 1. The Hall–Kier alpha value is -3.10. The Morgan fingerprint density at radius 2 is 2.07 bits per heavy atom. The third-order valence-corrected chi connectivity index (χ3v) is 5.93. The number of aliphatic hydroxyl groups is 1. The molecule has 8 heteroatoms. The number of carbonyl (C=O) groups is 1. The van der Waals surface area contributed by atoms with Crippen LogP contribution < -0.4 is 15.7 Å². The normalized spacial score (nSPS) is 24.1. The minimum Gasteiger partial charge on any atom is -0.458 e. The second-order valence-corrected chi connectivity index (χ2v) is 7.58. The molecular formula is C20H17N3O5. The third kappa shape index (κ3) is 1.96. The zero-order valence-electron chi connectivity index (χ0n) is 15.1. The van der Waals surface area contributed by atoms with Gasteiger partial charge in [0.25, 0.3) is 5.56 Å². The number of anilines is 1. The van der Waals surface area contributed by atoms with Crippen molar-refractivity contribution >= 4 is 17.7 Å². The average Bonchev–Trinajstić information content (AvgIpc) is 3.23. The zero-order chi connectivity index (χ0) is 19.2. The minimum absolute atomic E-state index is 0.0983. The molecule has 142 valence electrons. The molecule has 0 saturated carbocycles. The summed E-state index contributed by atoms with van der Waals surface area (Å²) in [6.45, 7) is 1.06. The molecule has 6 rings (SSSR count). The van der Waals surface area contributed by atoms with E-state index in [1.807, 2.05) is 19.2 Å². The fourth-order valence-electron chi connectivity index (χ4n) is 4.58. The fraction of sp³-hybridized carbons (Fsp3) is 0.300.